The number of phenols is 1. The van der Waals surface area contributed by atoms with Crippen LogP contribution in [0.25, 0.3) is 10.9 Å². The Morgan fingerprint density at radius 1 is 1.00 bits per heavy atom. The van der Waals surface area contributed by atoms with Crippen molar-refractivity contribution in [2.75, 3.05) is 0 Å². The summed E-state index contributed by atoms with van der Waals surface area (Å²) in [7, 11) is 0. The molecule has 10 heteroatoms. The summed E-state index contributed by atoms with van der Waals surface area (Å²) in [6.45, 7) is 1.24. The fourth-order valence-electron chi connectivity index (χ4n) is 3.63. The molecule has 8 N–H and O–H groups in total. The summed E-state index contributed by atoms with van der Waals surface area (Å²) in [5.41, 5.74) is 8.51. The average Bonchev–Trinajstić information content (AvgIpc) is 3.20. The predicted molar refractivity (Wildman–Crippen MR) is 125 cm³/mol. The van der Waals surface area contributed by atoms with Gasteiger partial charge in [0.1, 0.15) is 11.8 Å². The van der Waals surface area contributed by atoms with E-state index in [0.717, 1.165) is 16.5 Å². The number of carbonyl (C=O) groups excluding carboxylic acids is 2. The van der Waals surface area contributed by atoms with Gasteiger partial charge in [-0.15, -0.1) is 0 Å². The first-order valence-corrected chi connectivity index (χ1v) is 10.8. The van der Waals surface area contributed by atoms with Crippen molar-refractivity contribution in [3.05, 3.63) is 65.9 Å². The van der Waals surface area contributed by atoms with Crippen LogP contribution in [0.1, 0.15) is 18.1 Å². The van der Waals surface area contributed by atoms with Crippen LogP contribution in [0.2, 0.25) is 0 Å². The van der Waals surface area contributed by atoms with Crippen molar-refractivity contribution in [2.45, 2.75) is 44.0 Å². The second-order valence-corrected chi connectivity index (χ2v) is 8.17. The summed E-state index contributed by atoms with van der Waals surface area (Å²) >= 11 is 0. The highest BCUT2D eigenvalue weighted by Crippen LogP contribution is 2.19. The van der Waals surface area contributed by atoms with Gasteiger partial charge in [0.05, 0.1) is 12.1 Å². The van der Waals surface area contributed by atoms with Gasteiger partial charge in [-0.2, -0.15) is 0 Å². The lowest BCUT2D eigenvalue weighted by molar-refractivity contribution is -0.145. The molecule has 4 atom stereocenters. The van der Waals surface area contributed by atoms with Gasteiger partial charge in [-0.25, -0.2) is 4.79 Å². The number of aliphatic hydroxyl groups is 1. The Bertz CT molecular complexity index is 1160. The first-order valence-electron chi connectivity index (χ1n) is 10.8. The number of carboxylic acid groups (broad SMARTS) is 1. The van der Waals surface area contributed by atoms with Crippen LogP contribution in [0.5, 0.6) is 5.75 Å². The number of amides is 2. The number of rotatable bonds is 10. The molecule has 10 nitrogen and oxygen atoms in total. The molecule has 180 valence electrons. The van der Waals surface area contributed by atoms with Crippen molar-refractivity contribution >= 4 is 28.7 Å². The van der Waals surface area contributed by atoms with E-state index >= 15 is 0 Å². The van der Waals surface area contributed by atoms with Gasteiger partial charge >= 0.3 is 5.97 Å². The topological polar surface area (TPSA) is 178 Å². The number of aromatic amines is 1. The smallest absolute Gasteiger partial charge is 0.328 e. The monoisotopic (exact) mass is 468 g/mol. The molecule has 3 aromatic rings. The maximum atomic E-state index is 12.9. The van der Waals surface area contributed by atoms with Gasteiger partial charge in [0, 0.05) is 23.5 Å². The molecule has 0 aliphatic carbocycles. The van der Waals surface area contributed by atoms with Crippen molar-refractivity contribution in [2.24, 2.45) is 5.73 Å². The van der Waals surface area contributed by atoms with Gasteiger partial charge in [-0.05, 0) is 42.7 Å². The van der Waals surface area contributed by atoms with E-state index in [4.69, 9.17) is 5.73 Å². The number of para-hydroxylation sites is 1. The molecule has 0 unspecified atom stereocenters. The minimum absolute atomic E-state index is 0.0177. The van der Waals surface area contributed by atoms with E-state index in [-0.39, 0.29) is 18.6 Å². The third-order valence-corrected chi connectivity index (χ3v) is 5.51. The molecule has 0 fully saturated rings. The minimum Gasteiger partial charge on any atom is -0.508 e. The molecule has 34 heavy (non-hydrogen) atoms. The Kier molecular flexibility index (Phi) is 7.87. The average molecular weight is 469 g/mol. The van der Waals surface area contributed by atoms with Crippen molar-refractivity contribution in [3.63, 3.8) is 0 Å². The lowest BCUT2D eigenvalue weighted by atomic mass is 10.0. The van der Waals surface area contributed by atoms with Crippen LogP contribution in [-0.2, 0) is 27.2 Å². The largest absolute Gasteiger partial charge is 0.508 e. The summed E-state index contributed by atoms with van der Waals surface area (Å²) in [5.74, 6) is -2.74. The number of hydrogen-bond acceptors (Lipinski definition) is 6. The van der Waals surface area contributed by atoms with Crippen molar-refractivity contribution in [1.82, 2.24) is 15.6 Å². The van der Waals surface area contributed by atoms with E-state index in [2.05, 4.69) is 15.6 Å². The summed E-state index contributed by atoms with van der Waals surface area (Å²) in [5, 5.41) is 34.3. The molecular formula is C24H28N4O6. The van der Waals surface area contributed by atoms with Crippen LogP contribution in [0, 0.1) is 0 Å². The number of carbonyl (C=O) groups is 3. The number of H-pyrrole nitrogens is 1. The highest BCUT2D eigenvalue weighted by molar-refractivity contribution is 5.92. The number of aromatic hydroxyl groups is 1. The number of aromatic nitrogens is 1. The molecule has 0 bridgehead atoms. The lowest BCUT2D eigenvalue weighted by Gasteiger charge is -2.24. The van der Waals surface area contributed by atoms with Gasteiger partial charge in [0.2, 0.25) is 11.8 Å². The number of phenolic OH excluding ortho intramolecular Hbond substituents is 1. The Morgan fingerprint density at radius 3 is 2.32 bits per heavy atom. The molecule has 0 aliphatic heterocycles. The fraction of sp³-hybridized carbons (Fsp3) is 0.292. The molecule has 0 aliphatic rings. The van der Waals surface area contributed by atoms with Crippen molar-refractivity contribution in [1.29, 1.82) is 0 Å². The number of benzene rings is 2. The van der Waals surface area contributed by atoms with E-state index < -0.39 is 42.0 Å². The zero-order valence-electron chi connectivity index (χ0n) is 18.6. The quantitative estimate of drug-likeness (QED) is 0.225. The summed E-state index contributed by atoms with van der Waals surface area (Å²) in [4.78, 5) is 40.3. The van der Waals surface area contributed by atoms with Crippen LogP contribution in [0.4, 0.5) is 0 Å². The molecule has 0 radical (unpaired) electrons. The Labute approximate surface area is 195 Å². The highest BCUT2D eigenvalue weighted by Gasteiger charge is 2.30. The maximum Gasteiger partial charge on any atom is 0.328 e. The van der Waals surface area contributed by atoms with E-state index in [1.54, 1.807) is 18.3 Å². The zero-order valence-corrected chi connectivity index (χ0v) is 18.6. The van der Waals surface area contributed by atoms with Gasteiger partial charge in [-0.1, -0.05) is 30.3 Å². The third kappa shape index (κ3) is 6.12. The van der Waals surface area contributed by atoms with Gasteiger partial charge in [0.15, 0.2) is 6.04 Å². The van der Waals surface area contributed by atoms with E-state index in [1.165, 1.54) is 19.1 Å². The summed E-state index contributed by atoms with van der Waals surface area (Å²) < 4.78 is 0. The van der Waals surface area contributed by atoms with E-state index in [1.807, 2.05) is 24.3 Å². The second kappa shape index (κ2) is 10.8. The normalized spacial score (nSPS) is 14.7. The van der Waals surface area contributed by atoms with Crippen LogP contribution in [0.15, 0.2) is 54.7 Å². The van der Waals surface area contributed by atoms with Crippen molar-refractivity contribution < 1.29 is 29.7 Å². The van der Waals surface area contributed by atoms with Crippen LogP contribution < -0.4 is 16.4 Å². The number of nitrogens with one attached hydrogen (secondary N) is 3. The highest BCUT2D eigenvalue weighted by atomic mass is 16.4. The standard InChI is InChI=1S/C24H28N4O6/c1-13(29)21(24(33)34)28-23(32)20(10-14-6-8-16(30)9-7-14)27-22(31)18(25)11-15-12-26-19-5-3-2-4-17(15)19/h2-9,12-13,18,20-21,26,29-30H,10-11,25H2,1H3,(H,27,31)(H,28,32)(H,33,34)/t13-,18+,20+,21+/m1/s1. The molecular weight excluding hydrogens is 440 g/mol. The summed E-state index contributed by atoms with van der Waals surface area (Å²) in [6.07, 6.45) is 0.660. The molecule has 0 saturated heterocycles. The number of fused-ring (bicyclic) bond motifs is 1. The summed E-state index contributed by atoms with van der Waals surface area (Å²) in [6, 6.07) is 9.94. The van der Waals surface area contributed by atoms with Gasteiger partial charge < -0.3 is 36.7 Å². The number of carboxylic acids is 1. The SMILES string of the molecule is C[C@@H](O)[C@H](NC(=O)[C@H](Cc1ccc(O)cc1)NC(=O)[C@@H](N)Cc1c[nH]c2ccccc12)C(=O)O. The molecule has 1 heterocycles. The lowest BCUT2D eigenvalue weighted by Crippen LogP contribution is -2.57. The van der Waals surface area contributed by atoms with Crippen LogP contribution in [0.3, 0.4) is 0 Å². The number of aliphatic carboxylic acids is 1. The second-order valence-electron chi connectivity index (χ2n) is 8.17. The predicted octanol–water partition coefficient (Wildman–Crippen LogP) is 0.421. The fourth-order valence-corrected chi connectivity index (χ4v) is 3.63. The number of aliphatic hydroxyl groups excluding tert-OH is 1. The Balaban J connectivity index is 1.75. The molecule has 2 amide bonds. The molecule has 2 aromatic carbocycles. The first-order chi connectivity index (χ1) is 16.2. The van der Waals surface area contributed by atoms with Crippen LogP contribution >= 0.6 is 0 Å². The van der Waals surface area contributed by atoms with Gasteiger partial charge in [-0.3, -0.25) is 9.59 Å². The van der Waals surface area contributed by atoms with Crippen molar-refractivity contribution in [3.8, 4) is 5.75 Å². The number of nitrogens with two attached hydrogens (primary N) is 1. The zero-order chi connectivity index (χ0) is 24.8. The van der Waals surface area contributed by atoms with Gasteiger partial charge in [0.25, 0.3) is 0 Å². The molecule has 0 saturated carbocycles. The Hall–Kier alpha value is -3.89. The molecule has 1 aromatic heterocycles. The third-order valence-electron chi connectivity index (χ3n) is 5.51. The molecule has 3 rings (SSSR count). The number of hydrogen-bond donors (Lipinski definition) is 7. The molecule has 0 spiro atoms. The van der Waals surface area contributed by atoms with Crippen LogP contribution in [-0.4, -0.2) is 62.3 Å². The minimum atomic E-state index is -1.55. The van der Waals surface area contributed by atoms with E-state index in [0.29, 0.717) is 5.56 Å². The van der Waals surface area contributed by atoms with E-state index in [9.17, 15) is 29.7 Å². The maximum absolute atomic E-state index is 12.9. The Morgan fingerprint density at radius 2 is 1.68 bits per heavy atom. The first kappa shape index (κ1) is 24.7.